The Morgan fingerprint density at radius 3 is 2.46 bits per heavy atom. The molecule has 0 atom stereocenters. The number of rotatable bonds is 5. The average molecular weight is 551 g/mol. The number of nitrogen functional groups attached to an aromatic ring is 1. The van der Waals surface area contributed by atoms with E-state index in [0.29, 0.717) is 41.4 Å². The van der Waals surface area contributed by atoms with E-state index in [-0.39, 0.29) is 25.0 Å². The highest BCUT2D eigenvalue weighted by atomic mass is 19.1. The zero-order valence-corrected chi connectivity index (χ0v) is 22.9. The van der Waals surface area contributed by atoms with Crippen LogP contribution in [0, 0.1) is 11.8 Å². The van der Waals surface area contributed by atoms with Crippen molar-refractivity contribution in [3.8, 4) is 34.5 Å². The van der Waals surface area contributed by atoms with E-state index in [2.05, 4.69) is 33.3 Å². The van der Waals surface area contributed by atoms with Gasteiger partial charge in [-0.2, -0.15) is 0 Å². The number of amides is 1. The van der Waals surface area contributed by atoms with Crippen LogP contribution in [0.5, 0.6) is 11.5 Å². The lowest BCUT2D eigenvalue weighted by Gasteiger charge is -2.48. The fourth-order valence-corrected chi connectivity index (χ4v) is 5.70. The van der Waals surface area contributed by atoms with Gasteiger partial charge in [-0.05, 0) is 54.7 Å². The lowest BCUT2D eigenvalue weighted by Crippen LogP contribution is -2.63. The Labute approximate surface area is 238 Å². The molecular weight excluding hydrogens is 519 g/mol. The SMILES string of the molecule is C=CC(=O)N1CCC(N2CC(F)(C#Cc3c(-c4ccc(Oc5ccccc5)cc4)c4c(N)ncnc4n3C)C2)CC1. The number of nitrogens with two attached hydrogens (primary N) is 1. The molecule has 0 aliphatic carbocycles. The highest BCUT2D eigenvalue weighted by molar-refractivity contribution is 6.03. The summed E-state index contributed by atoms with van der Waals surface area (Å²) in [6.45, 7) is 5.37. The van der Waals surface area contributed by atoms with Gasteiger partial charge in [0.25, 0.3) is 0 Å². The molecule has 0 radical (unpaired) electrons. The van der Waals surface area contributed by atoms with Crippen molar-refractivity contribution in [2.24, 2.45) is 7.05 Å². The van der Waals surface area contributed by atoms with Crippen molar-refractivity contribution in [1.29, 1.82) is 0 Å². The largest absolute Gasteiger partial charge is 0.457 e. The zero-order valence-electron chi connectivity index (χ0n) is 22.9. The third kappa shape index (κ3) is 5.14. The first-order chi connectivity index (χ1) is 19.8. The Morgan fingerprint density at radius 1 is 1.10 bits per heavy atom. The van der Waals surface area contributed by atoms with Crippen molar-refractivity contribution >= 4 is 22.8 Å². The van der Waals surface area contributed by atoms with E-state index in [9.17, 15) is 4.79 Å². The van der Waals surface area contributed by atoms with E-state index in [0.717, 1.165) is 29.7 Å². The molecule has 0 unspecified atom stereocenters. The molecule has 2 aromatic heterocycles. The number of para-hydroxylation sites is 1. The molecule has 2 N–H and O–H groups in total. The number of anilines is 1. The molecule has 8 nitrogen and oxygen atoms in total. The second-order valence-corrected chi connectivity index (χ2v) is 10.6. The van der Waals surface area contributed by atoms with Crippen LogP contribution >= 0.6 is 0 Å². The maximum atomic E-state index is 15.7. The summed E-state index contributed by atoms with van der Waals surface area (Å²) in [5.41, 5.74) is 7.57. The quantitative estimate of drug-likeness (QED) is 0.290. The number of hydrogen-bond donors (Lipinski definition) is 1. The molecule has 41 heavy (non-hydrogen) atoms. The minimum atomic E-state index is -1.62. The number of nitrogens with zero attached hydrogens (tertiary/aromatic N) is 5. The van der Waals surface area contributed by atoms with Gasteiger partial charge >= 0.3 is 0 Å². The van der Waals surface area contributed by atoms with Crippen LogP contribution in [0.3, 0.4) is 0 Å². The van der Waals surface area contributed by atoms with Gasteiger partial charge < -0.3 is 19.9 Å². The van der Waals surface area contributed by atoms with Crippen molar-refractivity contribution in [3.05, 3.63) is 79.3 Å². The summed E-state index contributed by atoms with van der Waals surface area (Å²) in [7, 11) is 1.85. The summed E-state index contributed by atoms with van der Waals surface area (Å²) < 4.78 is 23.5. The first-order valence-electron chi connectivity index (χ1n) is 13.6. The number of carbonyl (C=O) groups excluding carboxylic acids is 1. The van der Waals surface area contributed by atoms with E-state index < -0.39 is 5.67 Å². The number of halogens is 1. The summed E-state index contributed by atoms with van der Waals surface area (Å²) in [5.74, 6) is 7.78. The van der Waals surface area contributed by atoms with E-state index in [4.69, 9.17) is 10.5 Å². The number of alkyl halides is 1. The normalized spacial score (nSPS) is 17.0. The number of carbonyl (C=O) groups is 1. The zero-order chi connectivity index (χ0) is 28.6. The molecule has 4 heterocycles. The van der Waals surface area contributed by atoms with Gasteiger partial charge in [0.05, 0.1) is 5.39 Å². The lowest BCUT2D eigenvalue weighted by molar-refractivity contribution is -0.128. The Balaban J connectivity index is 1.25. The molecule has 0 spiro atoms. The maximum absolute atomic E-state index is 15.7. The Kier molecular flexibility index (Phi) is 6.93. The third-order valence-corrected chi connectivity index (χ3v) is 7.90. The highest BCUT2D eigenvalue weighted by Gasteiger charge is 2.45. The number of aryl methyl sites for hydroxylation is 1. The average Bonchev–Trinajstić information content (AvgIpc) is 3.27. The first kappa shape index (κ1) is 26.5. The van der Waals surface area contributed by atoms with Gasteiger partial charge in [-0.15, -0.1) is 0 Å². The Hall–Kier alpha value is -4.68. The monoisotopic (exact) mass is 550 g/mol. The number of likely N-dealkylation sites (tertiary alicyclic amines) is 2. The molecule has 2 fully saturated rings. The highest BCUT2D eigenvalue weighted by Crippen LogP contribution is 2.37. The van der Waals surface area contributed by atoms with Crippen molar-refractivity contribution in [2.45, 2.75) is 24.6 Å². The molecule has 1 amide bonds. The van der Waals surface area contributed by atoms with Gasteiger partial charge in [-0.25, -0.2) is 14.4 Å². The first-order valence-corrected chi connectivity index (χ1v) is 13.6. The second-order valence-electron chi connectivity index (χ2n) is 10.6. The second kappa shape index (κ2) is 10.7. The molecule has 2 aliphatic rings. The van der Waals surface area contributed by atoms with Crippen LogP contribution in [-0.4, -0.2) is 68.1 Å². The van der Waals surface area contributed by atoms with Crippen LogP contribution in [0.25, 0.3) is 22.2 Å². The molecule has 2 aromatic carbocycles. The number of aromatic nitrogens is 3. The van der Waals surface area contributed by atoms with Gasteiger partial charge in [0, 0.05) is 44.8 Å². The van der Waals surface area contributed by atoms with Crippen LogP contribution in [0.2, 0.25) is 0 Å². The number of hydrogen-bond acceptors (Lipinski definition) is 6. The summed E-state index contributed by atoms with van der Waals surface area (Å²) in [4.78, 5) is 24.4. The predicted molar refractivity (Wildman–Crippen MR) is 157 cm³/mol. The molecule has 2 saturated heterocycles. The van der Waals surface area contributed by atoms with Crippen molar-refractivity contribution < 1.29 is 13.9 Å². The van der Waals surface area contributed by atoms with Crippen LogP contribution in [-0.2, 0) is 11.8 Å². The minimum absolute atomic E-state index is 0.0489. The minimum Gasteiger partial charge on any atom is -0.457 e. The predicted octanol–water partition coefficient (Wildman–Crippen LogP) is 4.56. The standard InChI is InChI=1S/C32H31FN6O2/c1-3-27(40)38-17-14-23(15-18-38)39-19-32(33,20-39)16-13-26-28(29-30(34)35-21-36-31(29)37(26)2)22-9-11-25(12-10-22)41-24-7-5-4-6-8-24/h3-12,21,23H,1,14-15,17-20H2,2H3,(H2,34,35,36). The van der Waals surface area contributed by atoms with Crippen molar-refractivity contribution in [2.75, 3.05) is 31.9 Å². The maximum Gasteiger partial charge on any atom is 0.245 e. The third-order valence-electron chi connectivity index (χ3n) is 7.90. The van der Waals surface area contributed by atoms with Crippen LogP contribution in [0.15, 0.2) is 73.6 Å². The molecule has 208 valence electrons. The fourth-order valence-electron chi connectivity index (χ4n) is 5.70. The van der Waals surface area contributed by atoms with E-state index in [1.807, 2.05) is 66.2 Å². The fraction of sp³-hybridized carbons (Fsp3) is 0.281. The molecule has 2 aliphatic heterocycles. The number of piperidine rings is 1. The van der Waals surface area contributed by atoms with E-state index >= 15 is 4.39 Å². The van der Waals surface area contributed by atoms with Gasteiger partial charge in [0.2, 0.25) is 5.91 Å². The summed E-state index contributed by atoms with van der Waals surface area (Å²) in [6.07, 6.45) is 4.40. The Bertz CT molecular complexity index is 1660. The smallest absolute Gasteiger partial charge is 0.245 e. The number of fused-ring (bicyclic) bond motifs is 1. The van der Waals surface area contributed by atoms with Gasteiger partial charge in [-0.1, -0.05) is 42.8 Å². The van der Waals surface area contributed by atoms with Crippen LogP contribution in [0.1, 0.15) is 18.5 Å². The molecule has 0 bridgehead atoms. The van der Waals surface area contributed by atoms with Crippen LogP contribution in [0.4, 0.5) is 10.2 Å². The van der Waals surface area contributed by atoms with Gasteiger partial charge in [0.1, 0.15) is 35.0 Å². The summed E-state index contributed by atoms with van der Waals surface area (Å²) in [6, 6.07) is 17.4. The van der Waals surface area contributed by atoms with E-state index in [1.165, 1.54) is 12.4 Å². The van der Waals surface area contributed by atoms with E-state index in [1.54, 1.807) is 4.90 Å². The van der Waals surface area contributed by atoms with Crippen molar-refractivity contribution in [1.82, 2.24) is 24.3 Å². The molecule has 4 aromatic rings. The molecule has 9 heteroatoms. The number of benzene rings is 2. The number of ether oxygens (including phenoxy) is 1. The topological polar surface area (TPSA) is 89.5 Å². The Morgan fingerprint density at radius 2 is 1.78 bits per heavy atom. The van der Waals surface area contributed by atoms with Crippen molar-refractivity contribution in [3.63, 3.8) is 0 Å². The van der Waals surface area contributed by atoms with Gasteiger partial charge in [0.15, 0.2) is 5.67 Å². The van der Waals surface area contributed by atoms with Crippen LogP contribution < -0.4 is 10.5 Å². The molecule has 0 saturated carbocycles. The molecular formula is C32H31FN6O2. The molecule has 6 rings (SSSR count). The van der Waals surface area contributed by atoms with Gasteiger partial charge in [-0.3, -0.25) is 9.69 Å². The summed E-state index contributed by atoms with van der Waals surface area (Å²) >= 11 is 0. The lowest BCUT2D eigenvalue weighted by atomic mass is 9.91. The summed E-state index contributed by atoms with van der Waals surface area (Å²) in [5, 5.41) is 0.681.